The van der Waals surface area contributed by atoms with Crippen LogP contribution < -0.4 is 5.32 Å². The Kier molecular flexibility index (Phi) is 5.74. The van der Waals surface area contributed by atoms with Gasteiger partial charge in [-0.25, -0.2) is 0 Å². The molecule has 2 aromatic rings. The number of pyridine rings is 1. The predicted molar refractivity (Wildman–Crippen MR) is 87.9 cm³/mol. The number of aromatic nitrogens is 1. The Balaban J connectivity index is 2.21. The fourth-order valence-electron chi connectivity index (χ4n) is 2.23. The molecule has 1 atom stereocenters. The van der Waals surface area contributed by atoms with Gasteiger partial charge in [0.2, 0.25) is 0 Å². The molecule has 0 fully saturated rings. The van der Waals surface area contributed by atoms with Crippen molar-refractivity contribution in [2.75, 3.05) is 6.54 Å². The zero-order valence-corrected chi connectivity index (χ0v) is 13.7. The number of benzene rings is 1. The molecule has 3 heteroatoms. The van der Waals surface area contributed by atoms with Crippen molar-refractivity contribution in [1.29, 1.82) is 0 Å². The van der Waals surface area contributed by atoms with Crippen LogP contribution in [0.25, 0.3) is 0 Å². The van der Waals surface area contributed by atoms with Crippen molar-refractivity contribution in [3.05, 3.63) is 63.9 Å². The van der Waals surface area contributed by atoms with Crippen molar-refractivity contribution >= 4 is 15.9 Å². The number of halogens is 1. The molecule has 1 aromatic heterocycles. The predicted octanol–water partition coefficient (Wildman–Crippen LogP) is 4.44. The van der Waals surface area contributed by atoms with Crippen molar-refractivity contribution in [2.45, 2.75) is 32.7 Å². The lowest BCUT2D eigenvalue weighted by Crippen LogP contribution is -2.25. The molecular formula is C17H21BrN2. The van der Waals surface area contributed by atoms with E-state index in [0.29, 0.717) is 0 Å². The van der Waals surface area contributed by atoms with Gasteiger partial charge in [0.15, 0.2) is 0 Å². The van der Waals surface area contributed by atoms with Gasteiger partial charge in [-0.2, -0.15) is 0 Å². The number of nitrogens with zero attached hydrogens (tertiary/aromatic N) is 1. The van der Waals surface area contributed by atoms with E-state index in [9.17, 15) is 0 Å². The van der Waals surface area contributed by atoms with Gasteiger partial charge in [-0.15, -0.1) is 0 Å². The standard InChI is InChI=1S/C17H21BrN2/c1-3-9-19-17(16-11-13(2)8-10-20-16)12-14-6-4-5-7-15(14)18/h4-8,10-11,17,19H,3,9,12H2,1-2H3. The van der Waals surface area contributed by atoms with E-state index >= 15 is 0 Å². The van der Waals surface area contributed by atoms with Crippen molar-refractivity contribution < 1.29 is 0 Å². The number of aryl methyl sites for hydroxylation is 1. The Morgan fingerprint density at radius 1 is 1.25 bits per heavy atom. The van der Waals surface area contributed by atoms with Crippen LogP contribution in [0.1, 0.15) is 36.2 Å². The molecule has 106 valence electrons. The third-order valence-corrected chi connectivity index (χ3v) is 4.09. The first-order valence-electron chi connectivity index (χ1n) is 7.10. The van der Waals surface area contributed by atoms with Crippen LogP contribution in [-0.2, 0) is 6.42 Å². The van der Waals surface area contributed by atoms with Gasteiger partial charge in [0.1, 0.15) is 0 Å². The first kappa shape index (κ1) is 15.2. The minimum absolute atomic E-state index is 0.258. The fraction of sp³-hybridized carbons (Fsp3) is 0.353. The number of rotatable bonds is 6. The minimum atomic E-state index is 0.258. The summed E-state index contributed by atoms with van der Waals surface area (Å²) in [6.45, 7) is 5.30. The summed E-state index contributed by atoms with van der Waals surface area (Å²) in [5.74, 6) is 0. The highest BCUT2D eigenvalue weighted by Crippen LogP contribution is 2.23. The summed E-state index contributed by atoms with van der Waals surface area (Å²) in [7, 11) is 0. The van der Waals surface area contributed by atoms with E-state index in [4.69, 9.17) is 0 Å². The maximum absolute atomic E-state index is 4.54. The highest BCUT2D eigenvalue weighted by Gasteiger charge is 2.14. The SMILES string of the molecule is CCCNC(Cc1ccccc1Br)c1cc(C)ccn1. The van der Waals surface area contributed by atoms with E-state index in [2.05, 4.69) is 64.3 Å². The molecule has 0 radical (unpaired) electrons. The summed E-state index contributed by atoms with van der Waals surface area (Å²) in [4.78, 5) is 4.54. The zero-order valence-electron chi connectivity index (χ0n) is 12.1. The minimum Gasteiger partial charge on any atom is -0.308 e. The number of hydrogen-bond donors (Lipinski definition) is 1. The Morgan fingerprint density at radius 2 is 2.05 bits per heavy atom. The van der Waals surface area contributed by atoms with Crippen molar-refractivity contribution in [3.8, 4) is 0 Å². The van der Waals surface area contributed by atoms with E-state index in [-0.39, 0.29) is 6.04 Å². The second kappa shape index (κ2) is 7.55. The summed E-state index contributed by atoms with van der Waals surface area (Å²) < 4.78 is 1.16. The first-order chi connectivity index (χ1) is 9.70. The molecule has 0 saturated heterocycles. The van der Waals surface area contributed by atoms with Crippen LogP contribution in [0.4, 0.5) is 0 Å². The summed E-state index contributed by atoms with van der Waals surface area (Å²) >= 11 is 3.63. The van der Waals surface area contributed by atoms with Crippen LogP contribution >= 0.6 is 15.9 Å². The average molecular weight is 333 g/mol. The monoisotopic (exact) mass is 332 g/mol. The third kappa shape index (κ3) is 4.15. The molecule has 0 amide bonds. The molecule has 0 spiro atoms. The molecule has 1 heterocycles. The third-order valence-electron chi connectivity index (χ3n) is 3.32. The van der Waals surface area contributed by atoms with Crippen LogP contribution in [0, 0.1) is 6.92 Å². The van der Waals surface area contributed by atoms with Crippen LogP contribution in [0.3, 0.4) is 0 Å². The van der Waals surface area contributed by atoms with Crippen LogP contribution in [0.5, 0.6) is 0 Å². The lowest BCUT2D eigenvalue weighted by Gasteiger charge is -2.19. The maximum Gasteiger partial charge on any atom is 0.0579 e. The van der Waals surface area contributed by atoms with Gasteiger partial charge in [-0.1, -0.05) is 41.1 Å². The molecule has 0 aliphatic carbocycles. The van der Waals surface area contributed by atoms with E-state index in [0.717, 1.165) is 29.6 Å². The molecule has 0 aliphatic heterocycles. The molecule has 2 rings (SSSR count). The normalized spacial score (nSPS) is 12.3. The van der Waals surface area contributed by atoms with E-state index < -0.39 is 0 Å². The second-order valence-electron chi connectivity index (χ2n) is 5.06. The topological polar surface area (TPSA) is 24.9 Å². The molecular weight excluding hydrogens is 312 g/mol. The Morgan fingerprint density at radius 3 is 2.75 bits per heavy atom. The Hall–Kier alpha value is -1.19. The Bertz CT molecular complexity index is 554. The fourth-order valence-corrected chi connectivity index (χ4v) is 2.68. The molecule has 20 heavy (non-hydrogen) atoms. The van der Waals surface area contributed by atoms with Crippen LogP contribution in [-0.4, -0.2) is 11.5 Å². The number of nitrogens with one attached hydrogen (secondary N) is 1. The summed E-state index contributed by atoms with van der Waals surface area (Å²) in [5, 5.41) is 3.61. The maximum atomic E-state index is 4.54. The van der Waals surface area contributed by atoms with Gasteiger partial charge >= 0.3 is 0 Å². The van der Waals surface area contributed by atoms with Gasteiger partial charge in [0, 0.05) is 10.7 Å². The van der Waals surface area contributed by atoms with Gasteiger partial charge in [-0.05, 0) is 55.6 Å². The average Bonchev–Trinajstić information content (AvgIpc) is 2.45. The Labute approximate surface area is 129 Å². The lowest BCUT2D eigenvalue weighted by atomic mass is 10.0. The molecule has 2 nitrogen and oxygen atoms in total. The lowest BCUT2D eigenvalue weighted by molar-refractivity contribution is 0.517. The zero-order chi connectivity index (χ0) is 14.4. The van der Waals surface area contributed by atoms with Crippen molar-refractivity contribution in [2.24, 2.45) is 0 Å². The summed E-state index contributed by atoms with van der Waals surface area (Å²) in [5.41, 5.74) is 3.68. The molecule has 1 N–H and O–H groups in total. The van der Waals surface area contributed by atoms with Gasteiger partial charge < -0.3 is 5.32 Å². The largest absolute Gasteiger partial charge is 0.308 e. The summed E-state index contributed by atoms with van der Waals surface area (Å²) in [6.07, 6.45) is 3.96. The number of hydrogen-bond acceptors (Lipinski definition) is 2. The van der Waals surface area contributed by atoms with Crippen molar-refractivity contribution in [3.63, 3.8) is 0 Å². The summed E-state index contributed by atoms with van der Waals surface area (Å²) in [6, 6.07) is 12.9. The molecule has 1 unspecified atom stereocenters. The van der Waals surface area contributed by atoms with Crippen LogP contribution in [0.15, 0.2) is 47.1 Å². The van der Waals surface area contributed by atoms with Gasteiger partial charge in [0.05, 0.1) is 11.7 Å². The van der Waals surface area contributed by atoms with E-state index in [1.165, 1.54) is 11.1 Å². The molecule has 1 aromatic carbocycles. The molecule has 0 aliphatic rings. The first-order valence-corrected chi connectivity index (χ1v) is 7.89. The van der Waals surface area contributed by atoms with Crippen LogP contribution in [0.2, 0.25) is 0 Å². The second-order valence-corrected chi connectivity index (χ2v) is 5.91. The van der Waals surface area contributed by atoms with Gasteiger partial charge in [0.25, 0.3) is 0 Å². The smallest absolute Gasteiger partial charge is 0.0579 e. The highest BCUT2D eigenvalue weighted by molar-refractivity contribution is 9.10. The molecule has 0 bridgehead atoms. The quantitative estimate of drug-likeness (QED) is 0.846. The highest BCUT2D eigenvalue weighted by atomic mass is 79.9. The van der Waals surface area contributed by atoms with E-state index in [1.807, 2.05) is 18.3 Å². The molecule has 0 saturated carbocycles. The van der Waals surface area contributed by atoms with E-state index in [1.54, 1.807) is 0 Å². The van der Waals surface area contributed by atoms with Crippen molar-refractivity contribution in [1.82, 2.24) is 10.3 Å². The van der Waals surface area contributed by atoms with Gasteiger partial charge in [-0.3, -0.25) is 4.98 Å².